The predicted octanol–water partition coefficient (Wildman–Crippen LogP) is -2.48. The van der Waals surface area contributed by atoms with Gasteiger partial charge in [0.25, 0.3) is 5.97 Å². The van der Waals surface area contributed by atoms with Gasteiger partial charge in [-0.2, -0.15) is 0 Å². The van der Waals surface area contributed by atoms with Crippen molar-refractivity contribution in [3.63, 3.8) is 0 Å². The fourth-order valence-corrected chi connectivity index (χ4v) is 1.32. The zero-order valence-corrected chi connectivity index (χ0v) is 11.1. The molecule has 0 aliphatic carbocycles. The molecule has 0 radical (unpaired) electrons. The summed E-state index contributed by atoms with van der Waals surface area (Å²) in [6.45, 7) is 7.18. The zero-order valence-electron chi connectivity index (χ0n) is 11.1. The number of aliphatic carboxylic acids is 1. The summed E-state index contributed by atoms with van der Waals surface area (Å²) >= 11 is 0. The molecule has 7 heteroatoms. The number of carboxylic acid groups (broad SMARTS) is 1. The van der Waals surface area contributed by atoms with Crippen LogP contribution in [-0.2, 0) is 4.79 Å². The molecule has 82 valence electrons. The summed E-state index contributed by atoms with van der Waals surface area (Å²) in [7, 11) is 7.83. The average Bonchev–Trinajstić information content (AvgIpc) is 2.00. The number of carbonyl (C=O) groups is 1. The summed E-state index contributed by atoms with van der Waals surface area (Å²) in [5.74, 6) is -1.05. The molecule has 0 aliphatic heterocycles. The molecule has 0 aromatic carbocycles. The van der Waals surface area contributed by atoms with Crippen LogP contribution in [0.1, 0.15) is 20.8 Å². The van der Waals surface area contributed by atoms with Gasteiger partial charge >= 0.3 is 0 Å². The Kier molecular flexibility index (Phi) is 4.59. The van der Waals surface area contributed by atoms with E-state index in [4.69, 9.17) is 5.11 Å². The first kappa shape index (κ1) is 14.7. The maximum absolute atomic E-state index is 11.0. The molecule has 0 aromatic heterocycles. The van der Waals surface area contributed by atoms with E-state index < -0.39 is 5.97 Å². The zero-order chi connectivity index (χ0) is 12.4. The predicted molar refractivity (Wildman–Crippen MR) is 74.7 cm³/mol. The van der Waals surface area contributed by atoms with Gasteiger partial charge in [0, 0.05) is 11.4 Å². The van der Waals surface area contributed by atoms with Crippen molar-refractivity contribution in [3.05, 3.63) is 0 Å². The SMILES string of the molecule is BC(C(=O)O)C(B)(B)CN(B)C(C)(C)C. The Balaban J connectivity index is 4.57. The maximum atomic E-state index is 11.0. The van der Waals surface area contributed by atoms with E-state index in [2.05, 4.69) is 25.6 Å². The summed E-state index contributed by atoms with van der Waals surface area (Å²) in [6, 6.07) is 0. The number of hydrogen-bond donors (Lipinski definition) is 1. The molecule has 0 spiro atoms. The first-order valence-corrected chi connectivity index (χ1v) is 5.42. The lowest BCUT2D eigenvalue weighted by atomic mass is 9.43. The van der Waals surface area contributed by atoms with Crippen molar-refractivity contribution < 1.29 is 9.90 Å². The van der Waals surface area contributed by atoms with Crippen LogP contribution in [0.25, 0.3) is 0 Å². The standard InChI is InChI=1S/C8H21B4NO2/c1-7(2,3)13(12)4-8(10,11)5(9)6(14)15/h5H,4,9-12H2,1-3H3,(H,14,15). The topological polar surface area (TPSA) is 40.5 Å². The van der Waals surface area contributed by atoms with Gasteiger partial charge in [0.05, 0.1) is 0 Å². The third-order valence-electron chi connectivity index (χ3n) is 3.33. The van der Waals surface area contributed by atoms with Gasteiger partial charge in [0.2, 0.25) is 0 Å². The molecule has 0 saturated carbocycles. The van der Waals surface area contributed by atoms with Crippen molar-refractivity contribution in [1.82, 2.24) is 4.81 Å². The molecule has 0 aromatic rings. The summed E-state index contributed by atoms with van der Waals surface area (Å²) < 4.78 is 0. The highest BCUT2D eigenvalue weighted by Crippen LogP contribution is 2.33. The van der Waals surface area contributed by atoms with Crippen LogP contribution in [-0.4, -0.2) is 59.5 Å². The van der Waals surface area contributed by atoms with Gasteiger partial charge in [-0.15, -0.1) is 0 Å². The minimum atomic E-state index is -0.720. The summed E-state index contributed by atoms with van der Waals surface area (Å²) in [5.41, 5.74) is 0.0789. The van der Waals surface area contributed by atoms with Crippen molar-refractivity contribution in [2.45, 2.75) is 37.3 Å². The molecule has 0 saturated heterocycles. The van der Waals surface area contributed by atoms with E-state index in [1.54, 1.807) is 7.85 Å². The Morgan fingerprint density at radius 1 is 1.40 bits per heavy atom. The van der Waals surface area contributed by atoms with Crippen molar-refractivity contribution in [2.75, 3.05) is 6.54 Å². The molecule has 1 atom stereocenters. The van der Waals surface area contributed by atoms with Crippen LogP contribution >= 0.6 is 0 Å². The van der Waals surface area contributed by atoms with Crippen LogP contribution in [0.3, 0.4) is 0 Å². The van der Waals surface area contributed by atoms with Crippen molar-refractivity contribution in [2.24, 2.45) is 0 Å². The minimum Gasteiger partial charge on any atom is -0.482 e. The molecule has 0 heterocycles. The Hall–Kier alpha value is -0.310. The third-order valence-corrected chi connectivity index (χ3v) is 3.33. The molecule has 15 heavy (non-hydrogen) atoms. The van der Waals surface area contributed by atoms with Crippen molar-refractivity contribution >= 4 is 37.5 Å². The van der Waals surface area contributed by atoms with Gasteiger partial charge in [0.15, 0.2) is 7.98 Å². The monoisotopic (exact) mass is 207 g/mol. The molecule has 0 rings (SSSR count). The van der Waals surface area contributed by atoms with E-state index >= 15 is 0 Å². The summed E-state index contributed by atoms with van der Waals surface area (Å²) in [6.07, 6.45) is 0. The lowest BCUT2D eigenvalue weighted by Gasteiger charge is -2.41. The number of carboxylic acids is 1. The Labute approximate surface area is 96.6 Å². The smallest absolute Gasteiger partial charge is 0.297 e. The molecule has 3 nitrogen and oxygen atoms in total. The summed E-state index contributed by atoms with van der Waals surface area (Å²) in [5, 5.41) is 8.80. The van der Waals surface area contributed by atoms with E-state index in [1.807, 2.05) is 23.7 Å². The summed E-state index contributed by atoms with van der Waals surface area (Å²) in [4.78, 5) is 13.2. The van der Waals surface area contributed by atoms with E-state index in [0.29, 0.717) is 0 Å². The quantitative estimate of drug-likeness (QED) is 0.518. The molecule has 0 bridgehead atoms. The van der Waals surface area contributed by atoms with E-state index in [0.717, 1.165) is 6.54 Å². The number of nitrogens with zero attached hydrogens (tertiary/aromatic N) is 1. The van der Waals surface area contributed by atoms with Gasteiger partial charge in [-0.25, -0.2) is 0 Å². The van der Waals surface area contributed by atoms with Crippen LogP contribution in [0.2, 0.25) is 11.0 Å². The fourth-order valence-electron chi connectivity index (χ4n) is 1.32. The normalized spacial score (nSPS) is 15.2. The van der Waals surface area contributed by atoms with Gasteiger partial charge in [-0.3, -0.25) is 4.79 Å². The molecule has 0 aliphatic rings. The van der Waals surface area contributed by atoms with E-state index in [1.165, 1.54) is 0 Å². The Morgan fingerprint density at radius 3 is 2.07 bits per heavy atom. The van der Waals surface area contributed by atoms with Crippen LogP contribution in [0.4, 0.5) is 0 Å². The van der Waals surface area contributed by atoms with Gasteiger partial charge < -0.3 is 9.92 Å². The molecule has 0 fully saturated rings. The minimum absolute atomic E-state index is 0.0789. The van der Waals surface area contributed by atoms with Crippen molar-refractivity contribution in [3.8, 4) is 0 Å². The van der Waals surface area contributed by atoms with Gasteiger partial charge in [-0.05, 0) is 27.3 Å². The highest BCUT2D eigenvalue weighted by atomic mass is 16.4. The molecule has 1 N–H and O–H groups in total. The molecule has 1 unspecified atom stereocenters. The van der Waals surface area contributed by atoms with Crippen LogP contribution < -0.4 is 0 Å². The molecule has 0 amide bonds. The molecular weight excluding hydrogens is 185 g/mol. The first-order chi connectivity index (χ1) is 6.48. The van der Waals surface area contributed by atoms with Crippen LogP contribution in [0.15, 0.2) is 0 Å². The average molecular weight is 207 g/mol. The second-order valence-electron chi connectivity index (χ2n) is 6.08. The lowest BCUT2D eigenvalue weighted by molar-refractivity contribution is -0.137. The molecular formula is C8H21B4NO2. The third kappa shape index (κ3) is 4.37. The maximum Gasteiger partial charge on any atom is 0.297 e. The van der Waals surface area contributed by atoms with E-state index in [-0.39, 0.29) is 16.6 Å². The first-order valence-electron chi connectivity index (χ1n) is 5.42. The van der Waals surface area contributed by atoms with Crippen LogP contribution in [0.5, 0.6) is 0 Å². The highest BCUT2D eigenvalue weighted by molar-refractivity contribution is 6.47. The van der Waals surface area contributed by atoms with Crippen molar-refractivity contribution in [1.29, 1.82) is 0 Å². The Bertz CT molecular complexity index is 239. The highest BCUT2D eigenvalue weighted by Gasteiger charge is 2.33. The second kappa shape index (κ2) is 4.69. The Morgan fingerprint density at radius 2 is 1.80 bits per heavy atom. The van der Waals surface area contributed by atoms with Crippen LogP contribution in [0, 0.1) is 0 Å². The number of hydrogen-bond acceptors (Lipinski definition) is 2. The lowest BCUT2D eigenvalue weighted by Crippen LogP contribution is -2.46. The second-order valence-corrected chi connectivity index (χ2v) is 6.08. The largest absolute Gasteiger partial charge is 0.482 e. The van der Waals surface area contributed by atoms with Gasteiger partial charge in [0.1, 0.15) is 23.5 Å². The van der Waals surface area contributed by atoms with Gasteiger partial charge in [-0.1, -0.05) is 5.21 Å². The van der Waals surface area contributed by atoms with E-state index in [9.17, 15) is 4.79 Å². The number of rotatable bonds is 4. The fraction of sp³-hybridized carbons (Fsp3) is 0.875.